The minimum Gasteiger partial charge on any atom is -0.459 e. The summed E-state index contributed by atoms with van der Waals surface area (Å²) in [5.74, 6) is -2.30. The van der Waals surface area contributed by atoms with E-state index in [1.54, 1.807) is 72.2 Å². The van der Waals surface area contributed by atoms with Crippen molar-refractivity contribution in [1.82, 2.24) is 10.2 Å². The first kappa shape index (κ1) is 50.4. The van der Waals surface area contributed by atoms with Gasteiger partial charge in [-0.3, -0.25) is 14.6 Å². The van der Waals surface area contributed by atoms with Crippen molar-refractivity contribution < 1.29 is 58.1 Å². The highest BCUT2D eigenvalue weighted by atomic mass is 32.2. The fraction of sp³-hybridized carbons (Fsp3) is 0.929. The van der Waals surface area contributed by atoms with Crippen LogP contribution >= 0.6 is 23.5 Å². The quantitative estimate of drug-likeness (QED) is 0.173. The first-order valence-electron chi connectivity index (χ1n) is 21.3. The molecule has 342 valence electrons. The molecule has 0 bridgehead atoms. The van der Waals surface area contributed by atoms with Crippen molar-refractivity contribution in [3.05, 3.63) is 0 Å². The van der Waals surface area contributed by atoms with E-state index in [1.165, 1.54) is 14.0 Å². The minimum absolute atomic E-state index is 0.0759. The molecule has 4 aliphatic rings. The molecule has 15 nitrogen and oxygen atoms in total. The molecule has 4 saturated heterocycles. The zero-order valence-corrected chi connectivity index (χ0v) is 39.5. The lowest BCUT2D eigenvalue weighted by Crippen LogP contribution is -2.60. The summed E-state index contributed by atoms with van der Waals surface area (Å²) in [4.78, 5) is 35.5. The van der Waals surface area contributed by atoms with Gasteiger partial charge in [0, 0.05) is 46.1 Å². The van der Waals surface area contributed by atoms with Crippen LogP contribution < -0.4 is 5.32 Å². The third-order valence-electron chi connectivity index (χ3n) is 13.3. The van der Waals surface area contributed by atoms with E-state index in [0.717, 1.165) is 23.8 Å². The smallest absolute Gasteiger partial charge is 0.311 e. The highest BCUT2D eigenvalue weighted by Crippen LogP contribution is 2.45. The largest absolute Gasteiger partial charge is 0.459 e. The van der Waals surface area contributed by atoms with Crippen molar-refractivity contribution in [1.29, 1.82) is 0 Å². The number of carbonyl (C=O) groups excluding carboxylic acids is 2. The first-order valence-corrected chi connectivity index (χ1v) is 23.6. The number of carbonyl (C=O) groups is 2. The molecule has 18 atom stereocenters. The molecule has 0 aromatic heterocycles. The Labute approximate surface area is 361 Å². The van der Waals surface area contributed by atoms with Gasteiger partial charge in [0.15, 0.2) is 17.7 Å². The number of hydrogen-bond acceptors (Lipinski definition) is 15. The predicted octanol–water partition coefficient (Wildman–Crippen LogP) is 3.97. The van der Waals surface area contributed by atoms with Crippen molar-refractivity contribution >= 4 is 40.6 Å². The van der Waals surface area contributed by atoms with Gasteiger partial charge in [-0.05, 0) is 86.2 Å². The molecule has 0 radical (unpaired) electrons. The number of ether oxygens (including phenoxy) is 7. The average molecular weight is 878 g/mol. The Morgan fingerprint density at radius 3 is 2.25 bits per heavy atom. The van der Waals surface area contributed by atoms with Crippen molar-refractivity contribution in [2.75, 3.05) is 39.8 Å². The zero-order chi connectivity index (χ0) is 44.2. The topological polar surface area (TPSA) is 187 Å². The molecule has 0 aromatic rings. The number of nitrogens with zero attached hydrogens (tertiary/aromatic N) is 2. The number of aliphatic hydroxyl groups excluding tert-OH is 2. The Morgan fingerprint density at radius 1 is 0.983 bits per heavy atom. The fourth-order valence-corrected chi connectivity index (χ4v) is 11.1. The van der Waals surface area contributed by atoms with Gasteiger partial charge in [0.1, 0.15) is 23.9 Å². The first-order chi connectivity index (χ1) is 27.6. The molecule has 4 heterocycles. The van der Waals surface area contributed by atoms with Gasteiger partial charge in [-0.2, -0.15) is 11.8 Å². The molecule has 4 fully saturated rings. The van der Waals surface area contributed by atoms with Gasteiger partial charge in [-0.1, -0.05) is 32.5 Å². The Kier molecular flexibility index (Phi) is 17.9. The van der Waals surface area contributed by atoms with Gasteiger partial charge >= 0.3 is 5.97 Å². The van der Waals surface area contributed by atoms with Crippen molar-refractivity contribution in [2.24, 2.45) is 22.7 Å². The number of nitrogens with one attached hydrogen (secondary N) is 1. The van der Waals surface area contributed by atoms with E-state index in [0.29, 0.717) is 6.54 Å². The molecule has 0 aliphatic carbocycles. The normalized spacial score (nSPS) is 46.3. The summed E-state index contributed by atoms with van der Waals surface area (Å²) in [5, 5.41) is 37.9. The van der Waals surface area contributed by atoms with Gasteiger partial charge in [-0.25, -0.2) is 0 Å². The summed E-state index contributed by atoms with van der Waals surface area (Å²) < 4.78 is 45.3. The summed E-state index contributed by atoms with van der Waals surface area (Å²) >= 11 is 3.44. The molecule has 17 heteroatoms. The van der Waals surface area contributed by atoms with Gasteiger partial charge < -0.3 is 58.7 Å². The number of amidine groups is 1. The van der Waals surface area contributed by atoms with Gasteiger partial charge in [0.05, 0.1) is 58.9 Å². The van der Waals surface area contributed by atoms with Crippen LogP contribution in [0.5, 0.6) is 0 Å². The van der Waals surface area contributed by atoms with Gasteiger partial charge in [0.25, 0.3) is 0 Å². The van der Waals surface area contributed by atoms with Gasteiger partial charge in [-0.15, -0.1) is 0 Å². The average Bonchev–Trinajstić information content (AvgIpc) is 3.51. The second kappa shape index (κ2) is 21.0. The SMILES string of the molecule is CCC1OC(=O)[C@H](C)[C@@H](O[C@H]2C[C@@](C)(OC)[C@@H](O)[C@H](C)O2)[C@H](C)[C@@H](O[C@@H]2O[C@H](C)C[C@H]3[C@@H]2SC(=NCCCSC)N3C)[C@](C)(OC)C[C@@H](C)C(=O)N[C@H](C)[C@@H](O)[C@]1(C)O. The van der Waals surface area contributed by atoms with E-state index in [9.17, 15) is 24.9 Å². The van der Waals surface area contributed by atoms with Crippen LogP contribution in [0, 0.1) is 17.8 Å². The lowest BCUT2D eigenvalue weighted by molar-refractivity contribution is -0.308. The standard InChI is InChI=1S/C42H75N3O12S2/c1-15-29-42(10,50)33(46)26(6)44-36(48)22(2)20-41(9,52-13)35(57-38-32-28(19-23(3)53-38)45(11)39(59-32)43-17-16-18-58-14)24(4)31(25(5)37(49)55-29)56-30-21-40(8,51-12)34(47)27(7)54-30/h22-35,38,46-47,50H,15-21H2,1-14H3,(H,44,48)/t22-,23-,24+,25-,26-,27+,28+,29?,30+,31+,32+,33-,34+,35-,38+,40-,41-,42-/m1/s1. The summed E-state index contributed by atoms with van der Waals surface area (Å²) in [6.07, 6.45) is -3.54. The van der Waals surface area contributed by atoms with Crippen LogP contribution in [0.1, 0.15) is 101 Å². The maximum atomic E-state index is 14.4. The van der Waals surface area contributed by atoms with Crippen molar-refractivity contribution in [3.8, 4) is 0 Å². The number of fused-ring (bicyclic) bond motifs is 1. The molecule has 4 rings (SSSR count). The highest BCUT2D eigenvalue weighted by molar-refractivity contribution is 8.14. The molecule has 59 heavy (non-hydrogen) atoms. The molecule has 1 amide bonds. The lowest BCUT2D eigenvalue weighted by atomic mass is 9.77. The number of cyclic esters (lactones) is 1. The van der Waals surface area contributed by atoms with E-state index in [-0.39, 0.29) is 42.6 Å². The molecule has 1 unspecified atom stereocenters. The summed E-state index contributed by atoms with van der Waals surface area (Å²) in [6, 6.07) is -0.823. The number of aliphatic hydroxyl groups is 3. The zero-order valence-electron chi connectivity index (χ0n) is 37.8. The number of esters is 1. The third-order valence-corrected chi connectivity index (χ3v) is 15.4. The monoisotopic (exact) mass is 877 g/mol. The number of rotatable bonds is 11. The number of methoxy groups -OCH3 is 2. The predicted molar refractivity (Wildman–Crippen MR) is 229 cm³/mol. The number of aliphatic imine (C=N–C) groups is 1. The van der Waals surface area contributed by atoms with E-state index < -0.39 is 95.8 Å². The third kappa shape index (κ3) is 11.3. The molecular formula is C42H75N3O12S2. The van der Waals surface area contributed by atoms with E-state index >= 15 is 0 Å². The number of thioether (sulfide) groups is 2. The number of amides is 1. The highest BCUT2D eigenvalue weighted by Gasteiger charge is 2.55. The van der Waals surface area contributed by atoms with Crippen LogP contribution in [-0.4, -0.2) is 167 Å². The van der Waals surface area contributed by atoms with Crippen molar-refractivity contribution in [3.63, 3.8) is 0 Å². The maximum absolute atomic E-state index is 14.4. The molecular weight excluding hydrogens is 803 g/mol. The molecule has 4 N–H and O–H groups in total. The van der Waals surface area contributed by atoms with Gasteiger partial charge in [0.2, 0.25) is 5.91 Å². The lowest BCUT2D eigenvalue weighted by Gasteiger charge is -2.49. The molecule has 4 aliphatic heterocycles. The van der Waals surface area contributed by atoms with Crippen LogP contribution in [0.2, 0.25) is 0 Å². The summed E-state index contributed by atoms with van der Waals surface area (Å²) in [7, 11) is 5.17. The Balaban J connectivity index is 1.84. The Hall–Kier alpha value is -1.25. The van der Waals surface area contributed by atoms with Crippen LogP contribution in [0.25, 0.3) is 0 Å². The second-order valence-electron chi connectivity index (χ2n) is 18.0. The van der Waals surface area contributed by atoms with E-state index in [1.807, 2.05) is 20.8 Å². The molecule has 0 aromatic carbocycles. The van der Waals surface area contributed by atoms with Crippen LogP contribution in [0.15, 0.2) is 4.99 Å². The minimum atomic E-state index is -1.93. The maximum Gasteiger partial charge on any atom is 0.311 e. The Bertz CT molecular complexity index is 1430. The van der Waals surface area contributed by atoms with Crippen LogP contribution in [0.4, 0.5) is 0 Å². The van der Waals surface area contributed by atoms with E-state index in [4.69, 9.17) is 38.2 Å². The van der Waals surface area contributed by atoms with E-state index in [2.05, 4.69) is 23.5 Å². The number of hydrogen-bond donors (Lipinski definition) is 4. The summed E-state index contributed by atoms with van der Waals surface area (Å²) in [6.45, 7) is 18.3. The molecule has 0 spiro atoms. The Morgan fingerprint density at radius 2 is 1.64 bits per heavy atom. The van der Waals surface area contributed by atoms with Crippen LogP contribution in [-0.2, 0) is 42.7 Å². The van der Waals surface area contributed by atoms with Crippen LogP contribution in [0.3, 0.4) is 0 Å². The van der Waals surface area contributed by atoms with Crippen molar-refractivity contribution in [2.45, 2.75) is 191 Å². The second-order valence-corrected chi connectivity index (χ2v) is 20.1. The summed E-state index contributed by atoms with van der Waals surface area (Å²) in [5.41, 5.74) is -4.13. The fourth-order valence-electron chi connectivity index (χ4n) is 9.28. The molecule has 0 saturated carbocycles.